The van der Waals surface area contributed by atoms with Crippen molar-refractivity contribution in [3.63, 3.8) is 0 Å². The zero-order valence-electron chi connectivity index (χ0n) is 14.9. The number of aromatic amines is 1. The van der Waals surface area contributed by atoms with Crippen LogP contribution < -0.4 is 11.0 Å². The number of azo groups is 1. The minimum atomic E-state index is -0.217. The zero-order valence-corrected chi connectivity index (χ0v) is 15.7. The molecule has 0 spiro atoms. The van der Waals surface area contributed by atoms with Crippen LogP contribution in [0.2, 0.25) is 0 Å². The lowest BCUT2D eigenvalue weighted by Gasteiger charge is -2.06. The quantitative estimate of drug-likeness (QED) is 0.466. The van der Waals surface area contributed by atoms with Gasteiger partial charge in [-0.05, 0) is 49.2 Å². The smallest absolute Gasteiger partial charge is 0.325 e. The number of thioether (sulfide) groups is 1. The molecule has 1 aliphatic carbocycles. The number of amides is 1. The first kappa shape index (κ1) is 18.2. The van der Waals surface area contributed by atoms with Gasteiger partial charge in [0, 0.05) is 11.7 Å². The number of nitrogens with zero attached hydrogens (tertiary/aromatic N) is 4. The summed E-state index contributed by atoms with van der Waals surface area (Å²) < 4.78 is 1.63. The lowest BCUT2D eigenvalue weighted by molar-refractivity contribution is -0.113. The van der Waals surface area contributed by atoms with E-state index < -0.39 is 0 Å². The second-order valence-electron chi connectivity index (χ2n) is 6.33. The van der Waals surface area contributed by atoms with Gasteiger partial charge in [0.15, 0.2) is 5.16 Å². The first-order chi connectivity index (χ1) is 13.7. The molecule has 0 bridgehead atoms. The van der Waals surface area contributed by atoms with Crippen molar-refractivity contribution in [3.8, 4) is 0 Å². The molecule has 0 atom stereocenters. The fraction of sp³-hybridized carbons (Fsp3) is 0.211. The molecule has 4 rings (SSSR count). The Kier molecular flexibility index (Phi) is 5.34. The van der Waals surface area contributed by atoms with Crippen molar-refractivity contribution < 1.29 is 4.79 Å². The van der Waals surface area contributed by atoms with E-state index in [1.807, 2.05) is 30.3 Å². The summed E-state index contributed by atoms with van der Waals surface area (Å²) in [5.41, 5.74) is 1.93. The van der Waals surface area contributed by atoms with Gasteiger partial charge in [0.25, 0.3) is 0 Å². The first-order valence-electron chi connectivity index (χ1n) is 8.85. The summed E-state index contributed by atoms with van der Waals surface area (Å²) in [5, 5.41) is 18.2. The summed E-state index contributed by atoms with van der Waals surface area (Å²) in [4.78, 5) is 23.9. The van der Waals surface area contributed by atoms with E-state index in [1.165, 1.54) is 11.8 Å². The number of hydrogen-bond acceptors (Lipinski definition) is 6. The summed E-state index contributed by atoms with van der Waals surface area (Å²) in [6.45, 7) is 0. The van der Waals surface area contributed by atoms with Crippen molar-refractivity contribution in [1.29, 1.82) is 0 Å². The van der Waals surface area contributed by atoms with Crippen molar-refractivity contribution in [2.45, 2.75) is 24.0 Å². The van der Waals surface area contributed by atoms with Crippen LogP contribution >= 0.6 is 11.8 Å². The monoisotopic (exact) mass is 394 g/mol. The maximum absolute atomic E-state index is 12.2. The van der Waals surface area contributed by atoms with Gasteiger partial charge >= 0.3 is 5.69 Å². The van der Waals surface area contributed by atoms with Gasteiger partial charge in [-0.15, -0.1) is 5.10 Å². The third-order valence-corrected chi connectivity index (χ3v) is 5.06. The van der Waals surface area contributed by atoms with E-state index in [0.29, 0.717) is 16.5 Å². The average molecular weight is 394 g/mol. The molecule has 28 heavy (non-hydrogen) atoms. The van der Waals surface area contributed by atoms with E-state index in [-0.39, 0.29) is 23.4 Å². The molecule has 1 aliphatic rings. The molecule has 1 heterocycles. The predicted molar refractivity (Wildman–Crippen MR) is 108 cm³/mol. The molecule has 2 N–H and O–H groups in total. The van der Waals surface area contributed by atoms with Crippen LogP contribution in [0.5, 0.6) is 0 Å². The van der Waals surface area contributed by atoms with Crippen LogP contribution in [0.25, 0.3) is 0 Å². The average Bonchev–Trinajstić information content (AvgIpc) is 3.49. The van der Waals surface area contributed by atoms with Crippen LogP contribution in [-0.4, -0.2) is 26.4 Å². The Bertz CT molecular complexity index is 1040. The highest BCUT2D eigenvalue weighted by atomic mass is 32.2. The second kappa shape index (κ2) is 8.22. The molecule has 0 saturated heterocycles. The molecule has 142 valence electrons. The summed E-state index contributed by atoms with van der Waals surface area (Å²) in [7, 11) is 0. The molecule has 0 aliphatic heterocycles. The van der Waals surface area contributed by atoms with Gasteiger partial charge in [-0.1, -0.05) is 30.0 Å². The number of anilines is 1. The van der Waals surface area contributed by atoms with Crippen LogP contribution in [-0.2, 0) is 4.79 Å². The highest BCUT2D eigenvalue weighted by Crippen LogP contribution is 2.36. The Hall–Kier alpha value is -3.20. The summed E-state index contributed by atoms with van der Waals surface area (Å²) in [6, 6.07) is 16.8. The normalized spacial score (nSPS) is 13.7. The second-order valence-corrected chi connectivity index (χ2v) is 7.27. The van der Waals surface area contributed by atoms with Crippen molar-refractivity contribution in [1.82, 2.24) is 14.8 Å². The van der Waals surface area contributed by atoms with Crippen LogP contribution in [0.3, 0.4) is 0 Å². The molecule has 1 aromatic heterocycles. The molecule has 8 nitrogen and oxygen atoms in total. The van der Waals surface area contributed by atoms with Gasteiger partial charge in [0.1, 0.15) is 0 Å². The Balaban J connectivity index is 1.31. The lowest BCUT2D eigenvalue weighted by Crippen LogP contribution is -2.17. The van der Waals surface area contributed by atoms with Gasteiger partial charge in [0.05, 0.1) is 17.1 Å². The van der Waals surface area contributed by atoms with Gasteiger partial charge in [-0.3, -0.25) is 9.36 Å². The molecule has 0 unspecified atom stereocenters. The fourth-order valence-electron chi connectivity index (χ4n) is 2.60. The highest BCUT2D eigenvalue weighted by molar-refractivity contribution is 7.99. The van der Waals surface area contributed by atoms with Gasteiger partial charge in [0.2, 0.25) is 5.91 Å². The lowest BCUT2D eigenvalue weighted by atomic mass is 10.3. The predicted octanol–water partition coefficient (Wildman–Crippen LogP) is 4.05. The molecular formula is C19H18N6O2S. The van der Waals surface area contributed by atoms with Gasteiger partial charge < -0.3 is 5.32 Å². The Morgan fingerprint density at radius 3 is 2.46 bits per heavy atom. The van der Waals surface area contributed by atoms with Gasteiger partial charge in [-0.2, -0.15) is 10.2 Å². The van der Waals surface area contributed by atoms with Crippen molar-refractivity contribution in [2.24, 2.45) is 10.2 Å². The third-order valence-electron chi connectivity index (χ3n) is 4.10. The minimum absolute atomic E-state index is 0.165. The molecule has 1 saturated carbocycles. The molecule has 9 heteroatoms. The van der Waals surface area contributed by atoms with E-state index in [2.05, 4.69) is 25.7 Å². The summed E-state index contributed by atoms with van der Waals surface area (Å²) >= 11 is 1.25. The van der Waals surface area contributed by atoms with Crippen LogP contribution in [0.15, 0.2) is 74.8 Å². The molecule has 1 amide bonds. The number of hydrogen-bond donors (Lipinski definition) is 2. The van der Waals surface area contributed by atoms with Crippen LogP contribution in [0, 0.1) is 0 Å². The molecule has 1 fully saturated rings. The maximum Gasteiger partial charge on any atom is 0.344 e. The number of aromatic nitrogens is 3. The van der Waals surface area contributed by atoms with E-state index in [4.69, 9.17) is 0 Å². The number of benzene rings is 2. The van der Waals surface area contributed by atoms with E-state index in [9.17, 15) is 9.59 Å². The zero-order chi connectivity index (χ0) is 19.3. The summed E-state index contributed by atoms with van der Waals surface area (Å²) in [6.07, 6.45) is 1.96. The van der Waals surface area contributed by atoms with Crippen molar-refractivity contribution in [2.75, 3.05) is 11.1 Å². The third kappa shape index (κ3) is 4.55. The van der Waals surface area contributed by atoms with E-state index in [0.717, 1.165) is 18.5 Å². The largest absolute Gasteiger partial charge is 0.344 e. The number of H-pyrrole nitrogens is 1. The van der Waals surface area contributed by atoms with E-state index in [1.54, 1.807) is 28.8 Å². The topological polar surface area (TPSA) is 104 Å². The number of rotatable bonds is 7. The Labute approximate surface area is 165 Å². The SMILES string of the molecule is O=C(CSc1n[nH]c(=O)n1C1CC1)Nc1ccc(N=Nc2ccccc2)cc1. The number of carbonyl (C=O) groups excluding carboxylic acids is 1. The number of carbonyl (C=O) groups is 1. The molecule has 0 radical (unpaired) electrons. The summed E-state index contributed by atoms with van der Waals surface area (Å²) in [5.74, 6) is 0.00778. The minimum Gasteiger partial charge on any atom is -0.325 e. The van der Waals surface area contributed by atoms with Crippen LogP contribution in [0.4, 0.5) is 17.1 Å². The van der Waals surface area contributed by atoms with Gasteiger partial charge in [-0.25, -0.2) is 9.89 Å². The molecule has 2 aromatic carbocycles. The fourth-order valence-corrected chi connectivity index (χ4v) is 3.41. The Morgan fingerprint density at radius 1 is 1.11 bits per heavy atom. The van der Waals surface area contributed by atoms with E-state index >= 15 is 0 Å². The van der Waals surface area contributed by atoms with Crippen LogP contribution in [0.1, 0.15) is 18.9 Å². The Morgan fingerprint density at radius 2 is 1.79 bits per heavy atom. The number of nitrogens with one attached hydrogen (secondary N) is 2. The van der Waals surface area contributed by atoms with Crippen molar-refractivity contribution in [3.05, 3.63) is 65.1 Å². The molecular weight excluding hydrogens is 376 g/mol. The van der Waals surface area contributed by atoms with Crippen molar-refractivity contribution >= 4 is 34.7 Å². The standard InChI is InChI=1S/C19H18N6O2S/c26-17(12-28-19-24-23-18(27)25(19)16-10-11-16)20-13-6-8-15(9-7-13)22-21-14-4-2-1-3-5-14/h1-9,16H,10-12H2,(H,20,26)(H,23,27). The first-order valence-corrected chi connectivity index (χ1v) is 9.84. The highest BCUT2D eigenvalue weighted by Gasteiger charge is 2.28. The maximum atomic E-state index is 12.2. The molecule has 3 aromatic rings.